The minimum absolute atomic E-state index is 0.358. The molecule has 1 aliphatic rings. The first-order valence-electron chi connectivity index (χ1n) is 7.83. The zero-order chi connectivity index (χ0) is 16.8. The van der Waals surface area contributed by atoms with Gasteiger partial charge >= 0.3 is 0 Å². The molecule has 4 rings (SSSR count). The summed E-state index contributed by atoms with van der Waals surface area (Å²) in [7, 11) is 3.95. The van der Waals surface area contributed by atoms with Gasteiger partial charge in [-0.05, 0) is 36.1 Å². The van der Waals surface area contributed by atoms with Crippen molar-refractivity contribution in [3.05, 3.63) is 52.5 Å². The van der Waals surface area contributed by atoms with Crippen molar-refractivity contribution in [1.82, 2.24) is 9.78 Å². The average molecular weight is 338 g/mol. The van der Waals surface area contributed by atoms with Crippen molar-refractivity contribution >= 4 is 27.9 Å². The number of rotatable bonds is 3. The van der Waals surface area contributed by atoms with E-state index in [0.29, 0.717) is 4.88 Å². The molecule has 2 N–H and O–H groups in total. The first-order valence-corrected chi connectivity index (χ1v) is 8.65. The van der Waals surface area contributed by atoms with Gasteiger partial charge in [-0.15, -0.1) is 11.3 Å². The molecule has 0 fully saturated rings. The molecule has 0 radical (unpaired) electrons. The third-order valence-corrected chi connectivity index (χ3v) is 5.77. The molecule has 5 nitrogen and oxygen atoms in total. The largest absolute Gasteiger partial charge is 0.365 e. The lowest BCUT2D eigenvalue weighted by Crippen LogP contribution is -2.13. The molecule has 2 aromatic heterocycles. The molecule has 0 unspecified atom stereocenters. The summed E-state index contributed by atoms with van der Waals surface area (Å²) in [5.41, 5.74) is 11.0. The van der Waals surface area contributed by atoms with E-state index in [1.807, 2.05) is 37.0 Å². The molecule has 1 aromatic carbocycles. The number of nitrogens with zero attached hydrogens (tertiary/aromatic N) is 3. The summed E-state index contributed by atoms with van der Waals surface area (Å²) in [6, 6.07) is 10.1. The number of hydrogen-bond donors (Lipinski definition) is 1. The highest BCUT2D eigenvalue weighted by Crippen LogP contribution is 2.47. The molecule has 122 valence electrons. The number of hydrogen-bond acceptors (Lipinski definition) is 4. The number of fused-ring (bicyclic) bond motifs is 3. The van der Waals surface area contributed by atoms with Crippen LogP contribution in [0.5, 0.6) is 0 Å². The van der Waals surface area contributed by atoms with Gasteiger partial charge in [-0.25, -0.2) is 0 Å². The van der Waals surface area contributed by atoms with Crippen LogP contribution in [-0.2, 0) is 19.9 Å². The fourth-order valence-electron chi connectivity index (χ4n) is 3.33. The maximum absolute atomic E-state index is 12.0. The molecule has 6 heteroatoms. The summed E-state index contributed by atoms with van der Waals surface area (Å²) >= 11 is 1.46. The van der Waals surface area contributed by atoms with Crippen LogP contribution in [0, 0.1) is 0 Å². The van der Waals surface area contributed by atoms with Crippen LogP contribution in [0.15, 0.2) is 36.5 Å². The number of benzene rings is 1. The number of carbonyl (C=O) groups is 1. The predicted octanol–water partition coefficient (Wildman–Crippen LogP) is 3.11. The van der Waals surface area contributed by atoms with Crippen LogP contribution in [0.1, 0.15) is 20.8 Å². The first-order chi connectivity index (χ1) is 11.6. The first kappa shape index (κ1) is 15.0. The molecule has 1 amide bonds. The van der Waals surface area contributed by atoms with E-state index < -0.39 is 0 Å². The Morgan fingerprint density at radius 3 is 2.75 bits per heavy atom. The van der Waals surface area contributed by atoms with E-state index in [9.17, 15) is 4.79 Å². The van der Waals surface area contributed by atoms with E-state index in [1.165, 1.54) is 16.9 Å². The molecule has 1 aliphatic carbocycles. The Morgan fingerprint density at radius 1 is 1.29 bits per heavy atom. The lowest BCUT2D eigenvalue weighted by molar-refractivity contribution is 0.100. The van der Waals surface area contributed by atoms with Crippen LogP contribution in [0.2, 0.25) is 0 Å². The van der Waals surface area contributed by atoms with Crippen molar-refractivity contribution in [2.24, 2.45) is 12.8 Å². The minimum atomic E-state index is -0.358. The molecule has 0 spiro atoms. The molecule has 0 saturated carbocycles. The zero-order valence-corrected chi connectivity index (χ0v) is 14.4. The zero-order valence-electron chi connectivity index (χ0n) is 13.6. The summed E-state index contributed by atoms with van der Waals surface area (Å²) in [6.07, 6.45) is 3.78. The number of carbonyl (C=O) groups excluding carboxylic acids is 1. The lowest BCUT2D eigenvalue weighted by Gasteiger charge is -2.21. The Labute approximate surface area is 144 Å². The average Bonchev–Trinajstić information content (AvgIpc) is 3.14. The standard InChI is InChI=1S/C18H18N4OS/c1-21-10-11-8-9-13-14(15(11)20-21)18(24-16(13)17(19)23)22(2)12-6-4-3-5-7-12/h3-7,10H,8-9H2,1-2H3,(H2,19,23). The highest BCUT2D eigenvalue weighted by atomic mass is 32.1. The number of nitrogens with two attached hydrogens (primary N) is 1. The van der Waals surface area contributed by atoms with Gasteiger partial charge in [0.1, 0.15) is 5.00 Å². The molecule has 0 atom stereocenters. The van der Waals surface area contributed by atoms with Crippen LogP contribution in [0.3, 0.4) is 0 Å². The number of aryl methyl sites for hydroxylation is 2. The Balaban J connectivity index is 1.94. The van der Waals surface area contributed by atoms with Crippen molar-refractivity contribution in [1.29, 1.82) is 0 Å². The van der Waals surface area contributed by atoms with Crippen LogP contribution in [0.4, 0.5) is 10.7 Å². The van der Waals surface area contributed by atoms with Gasteiger partial charge in [0.2, 0.25) is 0 Å². The Hall–Kier alpha value is -2.60. The topological polar surface area (TPSA) is 64.2 Å². The quantitative estimate of drug-likeness (QED) is 0.798. The SMILES string of the molecule is CN(c1ccccc1)c1sc(C(N)=O)c2c1-c1nn(C)cc1CC2. The molecule has 0 bridgehead atoms. The van der Waals surface area contributed by atoms with Gasteiger partial charge in [0.05, 0.1) is 10.6 Å². The molecule has 3 aromatic rings. The van der Waals surface area contributed by atoms with Crippen LogP contribution in [-0.4, -0.2) is 22.7 Å². The molecule has 0 saturated heterocycles. The van der Waals surface area contributed by atoms with E-state index in [2.05, 4.69) is 28.3 Å². The van der Waals surface area contributed by atoms with E-state index in [1.54, 1.807) is 0 Å². The third-order valence-electron chi connectivity index (χ3n) is 4.45. The van der Waals surface area contributed by atoms with Gasteiger partial charge in [0, 0.05) is 31.5 Å². The van der Waals surface area contributed by atoms with E-state index in [4.69, 9.17) is 5.73 Å². The van der Waals surface area contributed by atoms with E-state index in [-0.39, 0.29) is 5.91 Å². The number of thiophene rings is 1. The fourth-order valence-corrected chi connectivity index (χ4v) is 4.51. The van der Waals surface area contributed by atoms with Gasteiger partial charge in [-0.2, -0.15) is 5.10 Å². The molecular weight excluding hydrogens is 320 g/mol. The second-order valence-corrected chi connectivity index (χ2v) is 7.02. The summed E-state index contributed by atoms with van der Waals surface area (Å²) in [4.78, 5) is 14.7. The third kappa shape index (κ3) is 2.22. The van der Waals surface area contributed by atoms with Crippen LogP contribution >= 0.6 is 11.3 Å². The maximum atomic E-state index is 12.0. The highest BCUT2D eigenvalue weighted by molar-refractivity contribution is 7.19. The van der Waals surface area contributed by atoms with Gasteiger partial charge in [0.25, 0.3) is 5.91 Å². The summed E-state index contributed by atoms with van der Waals surface area (Å²) in [6.45, 7) is 0. The number of anilines is 2. The van der Waals surface area contributed by atoms with Crippen molar-refractivity contribution in [3.63, 3.8) is 0 Å². The second kappa shape index (κ2) is 5.49. The molecule has 0 aliphatic heterocycles. The second-order valence-electron chi connectivity index (χ2n) is 6.03. The van der Waals surface area contributed by atoms with E-state index >= 15 is 0 Å². The van der Waals surface area contributed by atoms with Gasteiger partial charge < -0.3 is 10.6 Å². The van der Waals surface area contributed by atoms with Crippen LogP contribution in [0.25, 0.3) is 11.3 Å². The van der Waals surface area contributed by atoms with Crippen molar-refractivity contribution in [3.8, 4) is 11.3 Å². The van der Waals surface area contributed by atoms with Gasteiger partial charge in [-0.1, -0.05) is 18.2 Å². The normalized spacial score (nSPS) is 12.6. The number of para-hydroxylation sites is 1. The number of aromatic nitrogens is 2. The maximum Gasteiger partial charge on any atom is 0.259 e. The smallest absolute Gasteiger partial charge is 0.259 e. The molecule has 24 heavy (non-hydrogen) atoms. The Kier molecular flexibility index (Phi) is 3.42. The monoisotopic (exact) mass is 338 g/mol. The Bertz CT molecular complexity index is 926. The molecular formula is C18H18N4OS. The van der Waals surface area contributed by atoms with E-state index in [0.717, 1.165) is 40.4 Å². The molecule has 2 heterocycles. The summed E-state index contributed by atoms with van der Waals surface area (Å²) in [5, 5.41) is 5.66. The minimum Gasteiger partial charge on any atom is -0.365 e. The van der Waals surface area contributed by atoms with Crippen molar-refractivity contribution in [2.75, 3.05) is 11.9 Å². The predicted molar refractivity (Wildman–Crippen MR) is 97.0 cm³/mol. The van der Waals surface area contributed by atoms with Gasteiger partial charge in [0.15, 0.2) is 0 Å². The summed E-state index contributed by atoms with van der Waals surface area (Å²) in [5.74, 6) is -0.358. The van der Waals surface area contributed by atoms with Crippen molar-refractivity contribution in [2.45, 2.75) is 12.8 Å². The van der Waals surface area contributed by atoms with Crippen LogP contribution < -0.4 is 10.6 Å². The van der Waals surface area contributed by atoms with Gasteiger partial charge in [-0.3, -0.25) is 9.48 Å². The lowest BCUT2D eigenvalue weighted by atomic mass is 9.91. The number of primary amides is 1. The van der Waals surface area contributed by atoms with Crippen molar-refractivity contribution < 1.29 is 4.79 Å². The summed E-state index contributed by atoms with van der Waals surface area (Å²) < 4.78 is 1.84. The highest BCUT2D eigenvalue weighted by Gasteiger charge is 2.30. The fraction of sp³-hybridized carbons (Fsp3) is 0.222. The number of amides is 1. The Morgan fingerprint density at radius 2 is 2.04 bits per heavy atom.